The van der Waals surface area contributed by atoms with Gasteiger partial charge in [-0.3, -0.25) is 10.1 Å². The minimum atomic E-state index is -0.637. The van der Waals surface area contributed by atoms with Crippen LogP contribution in [-0.2, 0) is 4.79 Å². The number of carbonyl (C=O) groups excluding carboxylic acids is 1. The largest absolute Gasteiger partial charge is 0.493 e. The van der Waals surface area contributed by atoms with E-state index in [1.807, 2.05) is 43.3 Å². The monoisotopic (exact) mass is 439 g/mol. The van der Waals surface area contributed by atoms with Crippen LogP contribution in [0.3, 0.4) is 0 Å². The number of hydrogen-bond acceptors (Lipinski definition) is 8. The molecule has 0 fully saturated rings. The van der Waals surface area contributed by atoms with Crippen LogP contribution in [0.4, 0.5) is 5.13 Å². The molecule has 0 spiro atoms. The normalized spacial score (nSPS) is 11.8. The van der Waals surface area contributed by atoms with E-state index in [2.05, 4.69) is 20.6 Å². The van der Waals surface area contributed by atoms with Gasteiger partial charge in [-0.1, -0.05) is 36.5 Å². The molecule has 2 aromatic heterocycles. The van der Waals surface area contributed by atoms with Crippen LogP contribution in [0.2, 0.25) is 0 Å². The summed E-state index contributed by atoms with van der Waals surface area (Å²) in [5.41, 5.74) is 0.757. The number of benzene rings is 2. The highest BCUT2D eigenvalue weighted by atomic mass is 32.1. The predicted octanol–water partition coefficient (Wildman–Crippen LogP) is 3.67. The summed E-state index contributed by atoms with van der Waals surface area (Å²) in [7, 11) is 3.15. The molecule has 0 aliphatic carbocycles. The standard InChI is InChI=1S/C21H21N5O4S/c1-4-15(30-14-8-6-5-7-9-14)19(27)22-20-25-26-18(23-24-21(26)31-20)13-10-11-16(28-2)17(12-13)29-3/h5-12,15H,4H2,1-3H3,(H,22,25,27)/t15-/m1/s1. The molecule has 1 N–H and O–H groups in total. The quantitative estimate of drug-likeness (QED) is 0.447. The highest BCUT2D eigenvalue weighted by molar-refractivity contribution is 7.20. The first kappa shape index (κ1) is 20.6. The van der Waals surface area contributed by atoms with Gasteiger partial charge < -0.3 is 14.2 Å². The number of carbonyl (C=O) groups is 1. The fourth-order valence-electron chi connectivity index (χ4n) is 2.99. The molecule has 0 unspecified atom stereocenters. The summed E-state index contributed by atoms with van der Waals surface area (Å²) in [6.07, 6.45) is -0.121. The number of fused-ring (bicyclic) bond motifs is 1. The van der Waals surface area contributed by atoms with E-state index in [1.165, 1.54) is 11.3 Å². The number of anilines is 1. The average molecular weight is 439 g/mol. The van der Waals surface area contributed by atoms with Crippen molar-refractivity contribution < 1.29 is 19.0 Å². The Balaban J connectivity index is 1.55. The Hall–Kier alpha value is -3.66. The molecule has 10 heteroatoms. The second kappa shape index (κ2) is 9.00. The molecule has 0 radical (unpaired) electrons. The number of rotatable bonds is 8. The number of amides is 1. The highest BCUT2D eigenvalue weighted by Crippen LogP contribution is 2.32. The summed E-state index contributed by atoms with van der Waals surface area (Å²) in [6, 6.07) is 14.7. The lowest BCUT2D eigenvalue weighted by Crippen LogP contribution is -2.32. The van der Waals surface area contributed by atoms with Crippen molar-refractivity contribution in [1.82, 2.24) is 19.8 Å². The van der Waals surface area contributed by atoms with Crippen LogP contribution in [0.25, 0.3) is 16.3 Å². The van der Waals surface area contributed by atoms with Crippen LogP contribution < -0.4 is 19.5 Å². The van der Waals surface area contributed by atoms with Crippen molar-refractivity contribution in [1.29, 1.82) is 0 Å². The number of hydrogen-bond donors (Lipinski definition) is 1. The van der Waals surface area contributed by atoms with Gasteiger partial charge in [-0.05, 0) is 36.8 Å². The molecule has 31 heavy (non-hydrogen) atoms. The van der Waals surface area contributed by atoms with E-state index >= 15 is 0 Å². The van der Waals surface area contributed by atoms with Gasteiger partial charge in [0.15, 0.2) is 23.4 Å². The maximum atomic E-state index is 12.7. The fraction of sp³-hybridized carbons (Fsp3) is 0.238. The Kier molecular flexibility index (Phi) is 5.99. The van der Waals surface area contributed by atoms with Crippen LogP contribution in [0.5, 0.6) is 17.2 Å². The van der Waals surface area contributed by atoms with Gasteiger partial charge in [-0.2, -0.15) is 4.52 Å². The van der Waals surface area contributed by atoms with Crippen molar-refractivity contribution in [2.75, 3.05) is 19.5 Å². The Labute approximate surface area is 182 Å². The smallest absolute Gasteiger partial charge is 0.267 e. The number of ether oxygens (including phenoxy) is 3. The molecular weight excluding hydrogens is 418 g/mol. The van der Waals surface area contributed by atoms with Gasteiger partial charge in [0.2, 0.25) is 10.1 Å². The molecule has 0 bridgehead atoms. The lowest BCUT2D eigenvalue weighted by molar-refractivity contribution is -0.122. The summed E-state index contributed by atoms with van der Waals surface area (Å²) in [5, 5.41) is 16.1. The van der Waals surface area contributed by atoms with Crippen LogP contribution in [-0.4, -0.2) is 46.0 Å². The Morgan fingerprint density at radius 1 is 1.10 bits per heavy atom. The van der Waals surface area contributed by atoms with Gasteiger partial charge in [-0.15, -0.1) is 15.3 Å². The van der Waals surface area contributed by atoms with Crippen LogP contribution in [0.15, 0.2) is 48.5 Å². The first-order chi connectivity index (χ1) is 15.1. The molecule has 2 heterocycles. The van der Waals surface area contributed by atoms with Gasteiger partial charge in [0.1, 0.15) is 5.75 Å². The third-order valence-electron chi connectivity index (χ3n) is 4.55. The molecule has 0 aliphatic rings. The molecule has 9 nitrogen and oxygen atoms in total. The first-order valence-electron chi connectivity index (χ1n) is 9.60. The number of nitrogens with zero attached hydrogens (tertiary/aromatic N) is 4. The molecule has 4 rings (SSSR count). The Bertz CT molecular complexity index is 1190. The lowest BCUT2D eigenvalue weighted by atomic mass is 10.2. The molecule has 160 valence electrons. The molecule has 1 atom stereocenters. The lowest BCUT2D eigenvalue weighted by Gasteiger charge is -2.16. The van der Waals surface area contributed by atoms with Crippen LogP contribution in [0, 0.1) is 0 Å². The molecule has 1 amide bonds. The van der Waals surface area contributed by atoms with Crippen molar-refractivity contribution in [3.8, 4) is 28.6 Å². The van der Waals surface area contributed by atoms with Crippen molar-refractivity contribution in [3.63, 3.8) is 0 Å². The van der Waals surface area contributed by atoms with Gasteiger partial charge in [0, 0.05) is 5.56 Å². The zero-order chi connectivity index (χ0) is 21.8. The minimum Gasteiger partial charge on any atom is -0.493 e. The van der Waals surface area contributed by atoms with E-state index in [4.69, 9.17) is 14.2 Å². The maximum absolute atomic E-state index is 12.7. The summed E-state index contributed by atoms with van der Waals surface area (Å²) < 4.78 is 18.0. The molecule has 0 saturated carbocycles. The third-order valence-corrected chi connectivity index (χ3v) is 5.36. The number of nitrogens with one attached hydrogen (secondary N) is 1. The van der Waals surface area contributed by atoms with E-state index in [0.29, 0.717) is 39.6 Å². The second-order valence-electron chi connectivity index (χ2n) is 6.51. The van der Waals surface area contributed by atoms with Crippen LogP contribution in [0.1, 0.15) is 13.3 Å². The van der Waals surface area contributed by atoms with Crippen molar-refractivity contribution >= 4 is 27.3 Å². The summed E-state index contributed by atoms with van der Waals surface area (Å²) in [4.78, 5) is 13.3. The van der Waals surface area contributed by atoms with Crippen molar-refractivity contribution in [2.24, 2.45) is 0 Å². The maximum Gasteiger partial charge on any atom is 0.267 e. The summed E-state index contributed by atoms with van der Waals surface area (Å²) >= 11 is 1.23. The van der Waals surface area contributed by atoms with Crippen molar-refractivity contribution in [2.45, 2.75) is 19.4 Å². The van der Waals surface area contributed by atoms with Gasteiger partial charge >= 0.3 is 0 Å². The van der Waals surface area contributed by atoms with E-state index < -0.39 is 6.10 Å². The summed E-state index contributed by atoms with van der Waals surface area (Å²) in [5.74, 6) is 2.08. The Morgan fingerprint density at radius 3 is 2.58 bits per heavy atom. The first-order valence-corrected chi connectivity index (χ1v) is 10.4. The SMILES string of the molecule is CC[C@@H](Oc1ccccc1)C(=O)Nc1nn2c(-c3ccc(OC)c(OC)c3)nnc2s1. The number of para-hydroxylation sites is 1. The number of methoxy groups -OCH3 is 2. The predicted molar refractivity (Wildman–Crippen MR) is 117 cm³/mol. The topological polar surface area (TPSA) is 99.9 Å². The van der Waals surface area contributed by atoms with Gasteiger partial charge in [0.05, 0.1) is 14.2 Å². The fourth-order valence-corrected chi connectivity index (χ4v) is 3.74. The molecule has 4 aromatic rings. The van der Waals surface area contributed by atoms with Gasteiger partial charge in [-0.25, -0.2) is 0 Å². The van der Waals surface area contributed by atoms with E-state index in [0.717, 1.165) is 5.56 Å². The molecule has 0 aliphatic heterocycles. The van der Waals surface area contributed by atoms with Crippen LogP contribution >= 0.6 is 11.3 Å². The highest BCUT2D eigenvalue weighted by Gasteiger charge is 2.21. The average Bonchev–Trinajstić information content (AvgIpc) is 3.37. The Morgan fingerprint density at radius 2 is 1.87 bits per heavy atom. The third kappa shape index (κ3) is 4.29. The zero-order valence-corrected chi connectivity index (χ0v) is 18.0. The van der Waals surface area contributed by atoms with Crippen molar-refractivity contribution in [3.05, 3.63) is 48.5 Å². The number of aromatic nitrogens is 4. The molecule has 0 saturated heterocycles. The van der Waals surface area contributed by atoms with E-state index in [1.54, 1.807) is 30.9 Å². The van der Waals surface area contributed by atoms with E-state index in [9.17, 15) is 4.79 Å². The minimum absolute atomic E-state index is 0.274. The second-order valence-corrected chi connectivity index (χ2v) is 7.47. The van der Waals surface area contributed by atoms with Gasteiger partial charge in [0.25, 0.3) is 5.91 Å². The molecular formula is C21H21N5O4S. The summed E-state index contributed by atoms with van der Waals surface area (Å²) in [6.45, 7) is 1.89. The molecule has 2 aromatic carbocycles. The zero-order valence-electron chi connectivity index (χ0n) is 17.2. The van der Waals surface area contributed by atoms with E-state index in [-0.39, 0.29) is 5.91 Å².